The average molecular weight is 283 g/mol. The van der Waals surface area contributed by atoms with Crippen LogP contribution in [0.15, 0.2) is 23.1 Å². The van der Waals surface area contributed by atoms with Gasteiger partial charge in [-0.2, -0.15) is 0 Å². The maximum Gasteiger partial charge on any atom is 0.335 e. The van der Waals surface area contributed by atoms with Gasteiger partial charge in [0.15, 0.2) is 9.84 Å². The number of nitrogens with one attached hydrogen (secondary N) is 1. The first-order valence-electron chi connectivity index (χ1n) is 5.55. The van der Waals surface area contributed by atoms with E-state index in [1.165, 1.54) is 26.0 Å². The average Bonchev–Trinajstić information content (AvgIpc) is 2.32. The molecular weight excluding hydrogens is 270 g/mol. The van der Waals surface area contributed by atoms with Crippen LogP contribution in [0.5, 0.6) is 0 Å². The molecule has 0 fully saturated rings. The molecule has 2 N–H and O–H groups in total. The fourth-order valence-corrected chi connectivity index (χ4v) is 3.92. The molecule has 1 aliphatic rings. The molecule has 102 valence electrons. The van der Waals surface area contributed by atoms with Crippen LogP contribution in [0.2, 0.25) is 0 Å². The largest absolute Gasteiger partial charge is 0.478 e. The Labute approximate surface area is 110 Å². The van der Waals surface area contributed by atoms with Gasteiger partial charge < -0.3 is 10.4 Å². The van der Waals surface area contributed by atoms with E-state index < -0.39 is 27.1 Å². The fourth-order valence-electron chi connectivity index (χ4n) is 1.93. The van der Waals surface area contributed by atoms with E-state index in [1.54, 1.807) is 0 Å². The lowest BCUT2D eigenvalue weighted by molar-refractivity contribution is -0.122. The summed E-state index contributed by atoms with van der Waals surface area (Å²) in [6.07, 6.45) is 0. The SMILES string of the molecule is CC1(C)CS(=O)(=O)c2cc(C(=O)O)ccc2NC1=O. The molecule has 19 heavy (non-hydrogen) atoms. The van der Waals surface area contributed by atoms with Gasteiger partial charge in [-0.15, -0.1) is 0 Å². The molecule has 0 radical (unpaired) electrons. The van der Waals surface area contributed by atoms with E-state index in [4.69, 9.17) is 5.11 Å². The van der Waals surface area contributed by atoms with E-state index in [1.807, 2.05) is 0 Å². The van der Waals surface area contributed by atoms with Crippen molar-refractivity contribution in [3.05, 3.63) is 23.8 Å². The van der Waals surface area contributed by atoms with Gasteiger partial charge in [0.25, 0.3) is 0 Å². The number of aromatic carboxylic acids is 1. The third-order valence-electron chi connectivity index (χ3n) is 2.98. The lowest BCUT2D eigenvalue weighted by Gasteiger charge is -2.18. The molecule has 0 unspecified atom stereocenters. The van der Waals surface area contributed by atoms with Gasteiger partial charge in [0.05, 0.1) is 27.3 Å². The number of hydrogen-bond acceptors (Lipinski definition) is 4. The number of rotatable bonds is 1. The fraction of sp³-hybridized carbons (Fsp3) is 0.333. The molecule has 0 aliphatic carbocycles. The minimum atomic E-state index is -3.72. The molecule has 7 heteroatoms. The first-order valence-corrected chi connectivity index (χ1v) is 7.20. The molecule has 1 amide bonds. The van der Waals surface area contributed by atoms with Crippen molar-refractivity contribution in [3.63, 3.8) is 0 Å². The summed E-state index contributed by atoms with van der Waals surface area (Å²) in [5.41, 5.74) is -1.07. The van der Waals surface area contributed by atoms with Crippen molar-refractivity contribution >= 4 is 27.4 Å². The van der Waals surface area contributed by atoms with Crippen molar-refractivity contribution in [2.24, 2.45) is 5.41 Å². The Morgan fingerprint density at radius 3 is 2.58 bits per heavy atom. The molecule has 6 nitrogen and oxygen atoms in total. The van der Waals surface area contributed by atoms with Crippen LogP contribution >= 0.6 is 0 Å². The predicted octanol–water partition coefficient (Wildman–Crippen LogP) is 1.14. The van der Waals surface area contributed by atoms with Crippen LogP contribution in [-0.2, 0) is 14.6 Å². The number of carboxylic acid groups (broad SMARTS) is 1. The summed E-state index contributed by atoms with van der Waals surface area (Å²) in [4.78, 5) is 22.7. The molecule has 0 saturated heterocycles. The number of carbonyl (C=O) groups excluding carboxylic acids is 1. The number of anilines is 1. The second-order valence-corrected chi connectivity index (χ2v) is 7.07. The summed E-state index contributed by atoms with van der Waals surface area (Å²) >= 11 is 0. The summed E-state index contributed by atoms with van der Waals surface area (Å²) in [5.74, 6) is -1.98. The van der Waals surface area contributed by atoms with Crippen LogP contribution in [0.25, 0.3) is 0 Å². The van der Waals surface area contributed by atoms with Crippen molar-refractivity contribution in [1.29, 1.82) is 0 Å². The molecule has 0 atom stereocenters. The number of amides is 1. The Morgan fingerprint density at radius 1 is 1.37 bits per heavy atom. The zero-order valence-electron chi connectivity index (χ0n) is 10.4. The smallest absolute Gasteiger partial charge is 0.335 e. The van der Waals surface area contributed by atoms with Gasteiger partial charge in [-0.25, -0.2) is 13.2 Å². The monoisotopic (exact) mass is 283 g/mol. The zero-order valence-corrected chi connectivity index (χ0v) is 11.2. The van der Waals surface area contributed by atoms with E-state index in [2.05, 4.69) is 5.32 Å². The van der Waals surface area contributed by atoms with Gasteiger partial charge in [-0.05, 0) is 18.2 Å². The van der Waals surface area contributed by atoms with Crippen molar-refractivity contribution in [2.75, 3.05) is 11.1 Å². The van der Waals surface area contributed by atoms with Gasteiger partial charge in [-0.3, -0.25) is 4.79 Å². The lowest BCUT2D eigenvalue weighted by atomic mass is 9.95. The second-order valence-electron chi connectivity index (χ2n) is 5.11. The van der Waals surface area contributed by atoms with Gasteiger partial charge in [0, 0.05) is 0 Å². The lowest BCUT2D eigenvalue weighted by Crippen LogP contribution is -2.34. The summed E-state index contributed by atoms with van der Waals surface area (Å²) in [6.45, 7) is 3.06. The van der Waals surface area contributed by atoms with Crippen molar-refractivity contribution in [1.82, 2.24) is 0 Å². The summed E-state index contributed by atoms with van der Waals surface area (Å²) < 4.78 is 24.5. The van der Waals surface area contributed by atoms with Crippen LogP contribution in [0, 0.1) is 5.41 Å². The summed E-state index contributed by atoms with van der Waals surface area (Å²) in [7, 11) is -3.72. The summed E-state index contributed by atoms with van der Waals surface area (Å²) in [6, 6.07) is 3.64. The van der Waals surface area contributed by atoms with Crippen LogP contribution in [-0.4, -0.2) is 31.2 Å². The molecule has 1 aromatic rings. The quantitative estimate of drug-likeness (QED) is 0.804. The Hall–Kier alpha value is -1.89. The topological polar surface area (TPSA) is 101 Å². The minimum Gasteiger partial charge on any atom is -0.478 e. The maximum absolute atomic E-state index is 12.2. The van der Waals surface area contributed by atoms with Crippen LogP contribution in [0.1, 0.15) is 24.2 Å². The minimum absolute atomic E-state index is 0.126. The third-order valence-corrected chi connectivity index (χ3v) is 5.09. The van der Waals surface area contributed by atoms with E-state index in [9.17, 15) is 18.0 Å². The molecule has 2 rings (SSSR count). The normalized spacial score (nSPS) is 20.0. The first kappa shape index (κ1) is 13.5. The molecule has 1 heterocycles. The van der Waals surface area contributed by atoms with Crippen LogP contribution in [0.4, 0.5) is 5.69 Å². The molecule has 1 aliphatic heterocycles. The maximum atomic E-state index is 12.2. The molecule has 0 saturated carbocycles. The van der Waals surface area contributed by atoms with E-state index in [-0.39, 0.29) is 21.9 Å². The Morgan fingerprint density at radius 2 is 2.00 bits per heavy atom. The highest BCUT2D eigenvalue weighted by atomic mass is 32.2. The first-order chi connectivity index (χ1) is 8.63. The highest BCUT2D eigenvalue weighted by Crippen LogP contribution is 2.33. The van der Waals surface area contributed by atoms with E-state index >= 15 is 0 Å². The molecule has 0 aromatic heterocycles. The van der Waals surface area contributed by atoms with Gasteiger partial charge in [-0.1, -0.05) is 13.8 Å². The number of benzene rings is 1. The second kappa shape index (κ2) is 4.06. The third kappa shape index (κ3) is 2.33. The number of sulfone groups is 1. The Kier molecular flexibility index (Phi) is 2.89. The zero-order chi connectivity index (χ0) is 14.4. The highest BCUT2D eigenvalue weighted by Gasteiger charge is 2.39. The standard InChI is InChI=1S/C12H13NO5S/c1-12(2)6-19(17,18)9-5-7(10(14)15)3-4-8(9)13-11(12)16/h3-5H,6H2,1-2H3,(H,13,16)(H,14,15). The Bertz CT molecular complexity index is 675. The van der Waals surface area contributed by atoms with E-state index in [0.29, 0.717) is 0 Å². The number of hydrogen-bond donors (Lipinski definition) is 2. The van der Waals surface area contributed by atoms with Crippen molar-refractivity contribution in [3.8, 4) is 0 Å². The van der Waals surface area contributed by atoms with Crippen molar-refractivity contribution in [2.45, 2.75) is 18.7 Å². The molecule has 0 spiro atoms. The predicted molar refractivity (Wildman–Crippen MR) is 67.9 cm³/mol. The molecular formula is C12H13NO5S. The molecule has 1 aromatic carbocycles. The van der Waals surface area contributed by atoms with E-state index in [0.717, 1.165) is 6.07 Å². The van der Waals surface area contributed by atoms with Gasteiger partial charge in [0.2, 0.25) is 5.91 Å². The van der Waals surface area contributed by atoms with Crippen LogP contribution < -0.4 is 5.32 Å². The van der Waals surface area contributed by atoms with Crippen molar-refractivity contribution < 1.29 is 23.1 Å². The Balaban J connectivity index is 2.68. The number of fused-ring (bicyclic) bond motifs is 1. The number of carboxylic acids is 1. The summed E-state index contributed by atoms with van der Waals surface area (Å²) in [5, 5.41) is 11.4. The van der Waals surface area contributed by atoms with Gasteiger partial charge >= 0.3 is 5.97 Å². The van der Waals surface area contributed by atoms with Gasteiger partial charge in [0.1, 0.15) is 0 Å². The van der Waals surface area contributed by atoms with Crippen LogP contribution in [0.3, 0.4) is 0 Å². The molecule has 0 bridgehead atoms. The highest BCUT2D eigenvalue weighted by molar-refractivity contribution is 7.91. The number of carbonyl (C=O) groups is 2.